The van der Waals surface area contributed by atoms with Crippen molar-refractivity contribution in [1.82, 2.24) is 9.97 Å². The summed E-state index contributed by atoms with van der Waals surface area (Å²) in [6, 6.07) is 13.8. The number of nitrogens with zero attached hydrogens (tertiary/aromatic N) is 2. The van der Waals surface area contributed by atoms with Gasteiger partial charge in [-0.25, -0.2) is 9.97 Å². The number of aryl methyl sites for hydroxylation is 1. The Hall–Kier alpha value is -2.95. The van der Waals surface area contributed by atoms with Crippen LogP contribution < -0.4 is 10.5 Å². The van der Waals surface area contributed by atoms with Crippen molar-refractivity contribution in [3.63, 3.8) is 0 Å². The number of para-hydroxylation sites is 1. The van der Waals surface area contributed by atoms with Crippen molar-refractivity contribution in [2.45, 2.75) is 25.2 Å². The zero-order valence-electron chi connectivity index (χ0n) is 14.0. The molecule has 1 aliphatic rings. The predicted octanol–water partition coefficient (Wildman–Crippen LogP) is 3.52. The number of carbonyl (C=O) groups is 1. The molecule has 4 rings (SSSR count). The number of hydrogen-bond acceptors (Lipinski definition) is 5. The maximum atomic E-state index is 13.0. The first-order valence-corrected chi connectivity index (χ1v) is 8.38. The van der Waals surface area contributed by atoms with Gasteiger partial charge in [0, 0.05) is 11.8 Å². The minimum absolute atomic E-state index is 0.00550. The molecule has 0 saturated heterocycles. The van der Waals surface area contributed by atoms with Crippen LogP contribution in [0.1, 0.15) is 40.4 Å². The lowest BCUT2D eigenvalue weighted by molar-refractivity contribution is 0.0970. The van der Waals surface area contributed by atoms with Gasteiger partial charge in [0.2, 0.25) is 5.95 Å². The topological polar surface area (TPSA) is 78.1 Å². The normalized spacial score (nSPS) is 16.0. The van der Waals surface area contributed by atoms with Crippen LogP contribution in [0.15, 0.2) is 42.5 Å². The monoisotopic (exact) mass is 333 g/mol. The molecule has 2 N–H and O–H groups in total. The van der Waals surface area contributed by atoms with E-state index in [4.69, 9.17) is 10.5 Å². The Kier molecular flexibility index (Phi) is 3.84. The molecule has 1 aliphatic carbocycles. The summed E-state index contributed by atoms with van der Waals surface area (Å²) in [6.07, 6.45) is 2.45. The number of ether oxygens (including phenoxy) is 1. The molecule has 0 saturated carbocycles. The average Bonchev–Trinajstić information content (AvgIpc) is 3.03. The number of rotatable bonds is 4. The molecule has 1 heterocycles. The second-order valence-electron chi connectivity index (χ2n) is 6.35. The molecule has 126 valence electrons. The molecule has 1 aromatic heterocycles. The lowest BCUT2D eigenvalue weighted by Crippen LogP contribution is -2.11. The number of benzene rings is 2. The van der Waals surface area contributed by atoms with Crippen molar-refractivity contribution in [1.29, 1.82) is 0 Å². The quantitative estimate of drug-likeness (QED) is 0.739. The van der Waals surface area contributed by atoms with Crippen LogP contribution in [0.3, 0.4) is 0 Å². The smallest absolute Gasteiger partial charge is 0.221 e. The Balaban J connectivity index is 1.72. The average molecular weight is 333 g/mol. The van der Waals surface area contributed by atoms with E-state index in [2.05, 4.69) is 22.1 Å². The van der Waals surface area contributed by atoms with Crippen LogP contribution in [0, 0.1) is 0 Å². The number of aromatic nitrogens is 2. The highest BCUT2D eigenvalue weighted by Gasteiger charge is 2.26. The van der Waals surface area contributed by atoms with Crippen LogP contribution in [0.4, 0.5) is 5.95 Å². The number of carbonyl (C=O) groups excluding carboxylic acids is 1. The van der Waals surface area contributed by atoms with E-state index in [0.717, 1.165) is 12.8 Å². The SMILES string of the molecule is COc1cccc2c(C(=O)C[C@@H]3CCc4ccccc43)nc(N)nc12. The van der Waals surface area contributed by atoms with Gasteiger partial charge in [-0.15, -0.1) is 0 Å². The lowest BCUT2D eigenvalue weighted by atomic mass is 9.93. The molecule has 5 heteroatoms. The summed E-state index contributed by atoms with van der Waals surface area (Å²) in [4.78, 5) is 21.5. The summed E-state index contributed by atoms with van der Waals surface area (Å²) >= 11 is 0. The number of Topliss-reactive ketones (excluding diaryl/α,β-unsaturated/α-hetero) is 1. The summed E-state index contributed by atoms with van der Waals surface area (Å²) < 4.78 is 5.34. The van der Waals surface area contributed by atoms with Gasteiger partial charge in [-0.2, -0.15) is 0 Å². The summed E-state index contributed by atoms with van der Waals surface area (Å²) in [5.74, 6) is 0.911. The van der Waals surface area contributed by atoms with Crippen molar-refractivity contribution in [2.75, 3.05) is 12.8 Å². The van der Waals surface area contributed by atoms with E-state index in [-0.39, 0.29) is 17.6 Å². The van der Waals surface area contributed by atoms with Gasteiger partial charge < -0.3 is 10.5 Å². The molecule has 5 nitrogen and oxygen atoms in total. The second kappa shape index (κ2) is 6.16. The molecular formula is C20H19N3O2. The first-order valence-electron chi connectivity index (χ1n) is 8.38. The number of hydrogen-bond donors (Lipinski definition) is 1. The maximum Gasteiger partial charge on any atom is 0.221 e. The van der Waals surface area contributed by atoms with Crippen molar-refractivity contribution >= 4 is 22.6 Å². The van der Waals surface area contributed by atoms with Gasteiger partial charge in [-0.1, -0.05) is 36.4 Å². The summed E-state index contributed by atoms with van der Waals surface area (Å²) in [7, 11) is 1.57. The largest absolute Gasteiger partial charge is 0.494 e. The van der Waals surface area contributed by atoms with E-state index in [1.807, 2.05) is 24.3 Å². The van der Waals surface area contributed by atoms with Gasteiger partial charge in [0.05, 0.1) is 7.11 Å². The van der Waals surface area contributed by atoms with Crippen molar-refractivity contribution in [3.8, 4) is 5.75 Å². The fourth-order valence-electron chi connectivity index (χ4n) is 3.70. The van der Waals surface area contributed by atoms with Gasteiger partial charge in [-0.3, -0.25) is 4.79 Å². The molecule has 2 aromatic carbocycles. The molecule has 0 unspecified atom stereocenters. The molecule has 0 bridgehead atoms. The Labute approximate surface area is 145 Å². The lowest BCUT2D eigenvalue weighted by Gasteiger charge is -2.12. The minimum Gasteiger partial charge on any atom is -0.494 e. The zero-order chi connectivity index (χ0) is 17.4. The van der Waals surface area contributed by atoms with Gasteiger partial charge in [0.15, 0.2) is 5.78 Å². The van der Waals surface area contributed by atoms with Crippen LogP contribution in [0.5, 0.6) is 5.75 Å². The molecule has 1 atom stereocenters. The van der Waals surface area contributed by atoms with Crippen LogP contribution in [-0.4, -0.2) is 22.9 Å². The van der Waals surface area contributed by atoms with Gasteiger partial charge >= 0.3 is 0 Å². The Morgan fingerprint density at radius 3 is 2.88 bits per heavy atom. The molecule has 0 fully saturated rings. The fraction of sp³-hybridized carbons (Fsp3) is 0.250. The molecule has 25 heavy (non-hydrogen) atoms. The number of nitrogen functional groups attached to an aromatic ring is 1. The maximum absolute atomic E-state index is 13.0. The first-order chi connectivity index (χ1) is 12.2. The fourth-order valence-corrected chi connectivity index (χ4v) is 3.70. The van der Waals surface area contributed by atoms with Gasteiger partial charge in [0.25, 0.3) is 0 Å². The molecule has 0 amide bonds. The van der Waals surface area contributed by atoms with Crippen molar-refractivity contribution in [3.05, 3.63) is 59.3 Å². The van der Waals surface area contributed by atoms with Crippen molar-refractivity contribution < 1.29 is 9.53 Å². The number of anilines is 1. The molecular weight excluding hydrogens is 314 g/mol. The van der Waals surface area contributed by atoms with E-state index < -0.39 is 0 Å². The molecule has 3 aromatic rings. The number of methoxy groups -OCH3 is 1. The summed E-state index contributed by atoms with van der Waals surface area (Å²) in [5, 5.41) is 0.685. The minimum atomic E-state index is -0.00550. The van der Waals surface area contributed by atoms with Crippen molar-refractivity contribution in [2.24, 2.45) is 0 Å². The van der Waals surface area contributed by atoms with Crippen LogP contribution >= 0.6 is 0 Å². The highest BCUT2D eigenvalue weighted by Crippen LogP contribution is 2.36. The van der Waals surface area contributed by atoms with E-state index in [1.165, 1.54) is 11.1 Å². The number of ketones is 1. The highest BCUT2D eigenvalue weighted by molar-refractivity contribution is 6.07. The van der Waals surface area contributed by atoms with Crippen LogP contribution in [0.2, 0.25) is 0 Å². The standard InChI is InChI=1S/C20H19N3O2/c1-25-17-8-4-7-15-18(22-20(21)23-19(15)17)16(24)11-13-10-9-12-5-2-3-6-14(12)13/h2-8,13H,9-11H2,1H3,(H2,21,22,23)/t13-/m0/s1. The molecule has 0 spiro atoms. The summed E-state index contributed by atoms with van der Waals surface area (Å²) in [6.45, 7) is 0. The van der Waals surface area contributed by atoms with E-state index >= 15 is 0 Å². The summed E-state index contributed by atoms with van der Waals surface area (Å²) in [5.41, 5.74) is 9.42. The van der Waals surface area contributed by atoms with Crippen LogP contribution in [0.25, 0.3) is 10.9 Å². The predicted molar refractivity (Wildman–Crippen MR) is 97.0 cm³/mol. The van der Waals surface area contributed by atoms with E-state index in [1.54, 1.807) is 13.2 Å². The number of nitrogens with two attached hydrogens (primary N) is 1. The second-order valence-corrected chi connectivity index (χ2v) is 6.35. The van der Waals surface area contributed by atoms with Crippen LogP contribution in [-0.2, 0) is 6.42 Å². The third-order valence-corrected chi connectivity index (χ3v) is 4.88. The molecule has 0 aliphatic heterocycles. The Morgan fingerprint density at radius 2 is 2.04 bits per heavy atom. The Morgan fingerprint density at radius 1 is 1.20 bits per heavy atom. The first kappa shape index (κ1) is 15.6. The van der Waals surface area contributed by atoms with Gasteiger partial charge in [-0.05, 0) is 36.0 Å². The third kappa shape index (κ3) is 2.71. The highest BCUT2D eigenvalue weighted by atomic mass is 16.5. The zero-order valence-corrected chi connectivity index (χ0v) is 14.0. The van der Waals surface area contributed by atoms with E-state index in [9.17, 15) is 4.79 Å². The third-order valence-electron chi connectivity index (χ3n) is 4.88. The van der Waals surface area contributed by atoms with Gasteiger partial charge in [0.1, 0.15) is 17.0 Å². The van der Waals surface area contributed by atoms with E-state index in [0.29, 0.717) is 28.8 Å². The Bertz CT molecular complexity index is 968. The number of fused-ring (bicyclic) bond motifs is 2. The molecule has 0 radical (unpaired) electrons.